The summed E-state index contributed by atoms with van der Waals surface area (Å²) in [6.45, 7) is 0. The molecular formula is H4Cr2CuO9. The number of hydrogen-bond donors (Lipinski definition) is 0. The van der Waals surface area contributed by atoms with Crippen LogP contribution in [-0.4, -0.2) is 11.0 Å². The Morgan fingerprint density at radius 3 is 1.00 bits per heavy atom. The van der Waals surface area contributed by atoms with Crippen LogP contribution in [0.25, 0.3) is 0 Å². The minimum absolute atomic E-state index is 0. The summed E-state index contributed by atoms with van der Waals surface area (Å²) in [7, 11) is 0. The molecule has 0 aromatic carbocycles. The first-order valence-electron chi connectivity index (χ1n) is 1.33. The minimum atomic E-state index is -6.07. The monoisotopic (exact) mass is 315 g/mol. The normalized spacial score (nSPS) is 10.2. The van der Waals surface area contributed by atoms with Crippen LogP contribution in [0.2, 0.25) is 0 Å². The first-order valence-corrected chi connectivity index (χ1v) is 5.50. The molecule has 1 radical (unpaired) electrons. The molecule has 0 saturated carbocycles. The van der Waals surface area contributed by atoms with Crippen molar-refractivity contribution in [1.82, 2.24) is 0 Å². The predicted octanol–water partition coefficient (Wildman–Crippen LogP) is -4.58. The Morgan fingerprint density at radius 1 is 0.833 bits per heavy atom. The van der Waals surface area contributed by atoms with Crippen LogP contribution in [0.15, 0.2) is 0 Å². The third-order valence-electron chi connectivity index (χ3n) is 0.167. The zero-order valence-electron chi connectivity index (χ0n) is 4.98. The van der Waals surface area contributed by atoms with Crippen molar-refractivity contribution in [3.63, 3.8) is 0 Å². The molecule has 0 aromatic rings. The standard InChI is InChI=1S/2Cr.Cu.2H2O.7O/h;;;2*1H2;;;;;;;/q;;+2;;;;;;;;2*-1. The topological polar surface area (TPSA) is 187 Å². The van der Waals surface area contributed by atoms with Crippen molar-refractivity contribution in [3.05, 3.63) is 0 Å². The predicted molar refractivity (Wildman–Crippen MR) is 11.1 cm³/mol. The summed E-state index contributed by atoms with van der Waals surface area (Å²) in [6.07, 6.45) is 0. The fourth-order valence-electron chi connectivity index (χ4n) is 0.102. The van der Waals surface area contributed by atoms with Crippen molar-refractivity contribution in [3.8, 4) is 0 Å². The Bertz CT molecular complexity index is 238. The maximum absolute atomic E-state index is 9.38. The van der Waals surface area contributed by atoms with Crippen molar-refractivity contribution in [2.75, 3.05) is 0 Å². The molecule has 0 fully saturated rings. The third kappa shape index (κ3) is 22.4. The summed E-state index contributed by atoms with van der Waals surface area (Å²) >= 11 is -12.1. The molecule has 0 saturated heterocycles. The van der Waals surface area contributed by atoms with Gasteiger partial charge >= 0.3 is 70.7 Å². The van der Waals surface area contributed by atoms with Crippen LogP contribution in [-0.2, 0) is 62.3 Å². The van der Waals surface area contributed by atoms with Gasteiger partial charge in [-0.25, -0.2) is 0 Å². The molecule has 12 heteroatoms. The Balaban J connectivity index is -0.000000107. The van der Waals surface area contributed by atoms with Crippen molar-refractivity contribution in [2.24, 2.45) is 0 Å². The van der Waals surface area contributed by atoms with E-state index < -0.39 is 27.2 Å². The van der Waals surface area contributed by atoms with E-state index in [-0.39, 0.29) is 28.0 Å². The van der Waals surface area contributed by atoms with Gasteiger partial charge in [0, 0.05) is 0 Å². The molecule has 0 aliphatic heterocycles. The molecule has 0 unspecified atom stereocenters. The molecule has 0 rings (SSSR count). The molecule has 0 aliphatic carbocycles. The molecule has 0 spiro atoms. The molecule has 0 amide bonds. The average Bonchev–Trinajstić information content (AvgIpc) is 1.14. The van der Waals surface area contributed by atoms with Crippen molar-refractivity contribution in [1.29, 1.82) is 0 Å². The Morgan fingerprint density at radius 2 is 1.00 bits per heavy atom. The van der Waals surface area contributed by atoms with Gasteiger partial charge in [0.25, 0.3) is 0 Å². The third-order valence-corrected chi connectivity index (χ3v) is 2.83. The summed E-state index contributed by atoms with van der Waals surface area (Å²) in [5.74, 6) is 0. The van der Waals surface area contributed by atoms with E-state index in [0.29, 0.717) is 0 Å². The molecule has 0 aliphatic rings. The van der Waals surface area contributed by atoms with Crippen LogP contribution in [0.5, 0.6) is 0 Å². The van der Waals surface area contributed by atoms with Gasteiger partial charge in [0.2, 0.25) is 0 Å². The maximum atomic E-state index is 9.38. The Kier molecular flexibility index (Phi) is 13.4. The summed E-state index contributed by atoms with van der Waals surface area (Å²) in [5.41, 5.74) is 0. The van der Waals surface area contributed by atoms with Crippen molar-refractivity contribution >= 4 is 0 Å². The molecule has 0 heterocycles. The second kappa shape index (κ2) is 7.03. The summed E-state index contributed by atoms with van der Waals surface area (Å²) in [6, 6.07) is 0. The molecule has 4 N–H and O–H groups in total. The van der Waals surface area contributed by atoms with Crippen molar-refractivity contribution < 1.29 is 81.6 Å². The second-order valence-electron chi connectivity index (χ2n) is 0.885. The van der Waals surface area contributed by atoms with Gasteiger partial charge in [0.15, 0.2) is 0 Å². The zero-order valence-corrected chi connectivity index (χ0v) is 8.47. The van der Waals surface area contributed by atoms with E-state index in [0.717, 1.165) is 0 Å². The summed E-state index contributed by atoms with van der Waals surface area (Å²) in [4.78, 5) is 0. The molecule has 0 atom stereocenters. The van der Waals surface area contributed by atoms with Gasteiger partial charge < -0.3 is 11.0 Å². The van der Waals surface area contributed by atoms with Gasteiger partial charge in [0.05, 0.1) is 0 Å². The van der Waals surface area contributed by atoms with Gasteiger partial charge in [-0.1, -0.05) is 0 Å². The number of rotatable bonds is 2. The average molecular weight is 316 g/mol. The Labute approximate surface area is 81.6 Å². The molecular weight excluding hydrogens is 312 g/mol. The van der Waals surface area contributed by atoms with E-state index in [1.807, 2.05) is 0 Å². The Hall–Kier alpha value is 0.584. The molecule has 0 bridgehead atoms. The first-order chi connectivity index (χ1) is 3.71. The van der Waals surface area contributed by atoms with Crippen LogP contribution in [0.1, 0.15) is 0 Å². The van der Waals surface area contributed by atoms with Crippen LogP contribution in [0, 0.1) is 0 Å². The molecule has 81 valence electrons. The van der Waals surface area contributed by atoms with Gasteiger partial charge in [0.1, 0.15) is 0 Å². The SMILES string of the molecule is O.O.[Cu+2].[O]=[Cr](=[O])([O-])[O][Cr](=[O])(=[O])[O-]. The molecule has 0 aromatic heterocycles. The van der Waals surface area contributed by atoms with Gasteiger partial charge in [-0.05, 0) is 0 Å². The van der Waals surface area contributed by atoms with E-state index in [1.165, 1.54) is 0 Å². The fraction of sp³-hybridized carbons (Fsp3) is 0. The van der Waals surface area contributed by atoms with Gasteiger partial charge in [-0.15, -0.1) is 0 Å². The number of hydrogen-bond acceptors (Lipinski definition) is 7. The van der Waals surface area contributed by atoms with E-state index in [2.05, 4.69) is 2.84 Å². The summed E-state index contributed by atoms with van der Waals surface area (Å²) in [5, 5.41) is 0. The second-order valence-corrected chi connectivity index (χ2v) is 4.52. The van der Waals surface area contributed by atoms with Crippen LogP contribution < -0.4 is 8.32 Å². The van der Waals surface area contributed by atoms with Crippen LogP contribution in [0.3, 0.4) is 0 Å². The zero-order chi connectivity index (χ0) is 7.71. The van der Waals surface area contributed by atoms with E-state index in [1.54, 1.807) is 0 Å². The van der Waals surface area contributed by atoms with E-state index in [4.69, 9.17) is 0 Å². The molecule has 9 nitrogen and oxygen atoms in total. The first kappa shape index (κ1) is 22.9. The fourth-order valence-corrected chi connectivity index (χ4v) is 1.74. The van der Waals surface area contributed by atoms with Crippen molar-refractivity contribution in [2.45, 2.75) is 0 Å². The van der Waals surface area contributed by atoms with E-state index >= 15 is 0 Å². The molecule has 12 heavy (non-hydrogen) atoms. The summed E-state index contributed by atoms with van der Waals surface area (Å²) < 4.78 is 58.9. The van der Waals surface area contributed by atoms with Gasteiger partial charge in [-0.2, -0.15) is 0 Å². The quantitative estimate of drug-likeness (QED) is 0.458. The van der Waals surface area contributed by atoms with Gasteiger partial charge in [-0.3, -0.25) is 0 Å². The van der Waals surface area contributed by atoms with Crippen LogP contribution >= 0.6 is 0 Å². The van der Waals surface area contributed by atoms with Crippen LogP contribution in [0.4, 0.5) is 0 Å². The van der Waals surface area contributed by atoms with E-state index in [9.17, 15) is 23.5 Å².